The Morgan fingerprint density at radius 3 is 2.70 bits per heavy atom. The van der Waals surface area contributed by atoms with Crippen molar-refractivity contribution >= 4 is 50.1 Å². The Bertz CT molecular complexity index is 1140. The zero-order valence-corrected chi connectivity index (χ0v) is 17.3. The third kappa shape index (κ3) is 3.19. The van der Waals surface area contributed by atoms with Gasteiger partial charge >= 0.3 is 0 Å². The van der Waals surface area contributed by atoms with E-state index in [1.165, 1.54) is 16.2 Å². The number of benzene rings is 2. The van der Waals surface area contributed by atoms with Gasteiger partial charge in [0.15, 0.2) is 5.13 Å². The van der Waals surface area contributed by atoms with E-state index in [9.17, 15) is 14.4 Å². The lowest BCUT2D eigenvalue weighted by atomic mass is 9.76. The lowest BCUT2D eigenvalue weighted by molar-refractivity contribution is -0.122. The molecule has 0 bridgehead atoms. The molecular formula is C23H21N3O3S. The second kappa shape index (κ2) is 7.32. The summed E-state index contributed by atoms with van der Waals surface area (Å²) in [5.74, 6) is -0.605. The van der Waals surface area contributed by atoms with Gasteiger partial charge in [0.05, 0.1) is 27.7 Å². The molecule has 2 fully saturated rings. The van der Waals surface area contributed by atoms with Gasteiger partial charge in [-0.25, -0.2) is 4.98 Å². The van der Waals surface area contributed by atoms with E-state index in [0.29, 0.717) is 22.3 Å². The van der Waals surface area contributed by atoms with E-state index in [0.717, 1.165) is 29.5 Å². The molecule has 1 saturated heterocycles. The Balaban J connectivity index is 1.39. The van der Waals surface area contributed by atoms with Crippen LogP contribution in [0.2, 0.25) is 0 Å². The topological polar surface area (TPSA) is 79.4 Å². The van der Waals surface area contributed by atoms with E-state index in [-0.39, 0.29) is 29.6 Å². The number of aromatic nitrogens is 1. The summed E-state index contributed by atoms with van der Waals surface area (Å²) in [6, 6.07) is 14.4. The molecule has 3 atom stereocenters. The van der Waals surface area contributed by atoms with Crippen LogP contribution < -0.4 is 10.2 Å². The van der Waals surface area contributed by atoms with E-state index < -0.39 is 0 Å². The van der Waals surface area contributed by atoms with Crippen molar-refractivity contribution in [2.24, 2.45) is 17.8 Å². The summed E-state index contributed by atoms with van der Waals surface area (Å²) in [4.78, 5) is 44.4. The quantitative estimate of drug-likeness (QED) is 0.635. The molecule has 1 aliphatic heterocycles. The number of hydrogen-bond donors (Lipinski definition) is 1. The molecule has 1 aliphatic carbocycles. The number of nitrogens with one attached hydrogen (secondary N) is 1. The van der Waals surface area contributed by atoms with Gasteiger partial charge in [0.1, 0.15) is 0 Å². The van der Waals surface area contributed by atoms with Crippen molar-refractivity contribution in [2.75, 3.05) is 10.2 Å². The van der Waals surface area contributed by atoms with Gasteiger partial charge in [0.2, 0.25) is 11.8 Å². The number of imide groups is 1. The van der Waals surface area contributed by atoms with E-state index in [4.69, 9.17) is 0 Å². The second-order valence-corrected chi connectivity index (χ2v) is 9.16. The van der Waals surface area contributed by atoms with E-state index in [1.807, 2.05) is 24.3 Å². The molecule has 0 spiro atoms. The predicted octanol–water partition coefficient (Wildman–Crippen LogP) is 4.47. The summed E-state index contributed by atoms with van der Waals surface area (Å²) in [6.45, 7) is 2.13. The van der Waals surface area contributed by atoms with Gasteiger partial charge in [0.25, 0.3) is 5.91 Å². The highest BCUT2D eigenvalue weighted by atomic mass is 32.1. The Kier molecular flexibility index (Phi) is 4.62. The van der Waals surface area contributed by atoms with Crippen molar-refractivity contribution in [3.05, 3.63) is 54.1 Å². The number of rotatable bonds is 3. The standard InChI is InChI=1S/C23H21N3O3S/c1-13-9-10-16-17(11-13)22(29)26(21(16)28)15-6-4-5-14(12-15)20(27)25-23-24-18-7-2-3-8-19(18)30-23/h2-8,12-13,16-17H,9-11H2,1H3,(H,24,25,27)/t13-,16-,17-/m1/s1. The number of anilines is 2. The minimum atomic E-state index is -0.318. The highest BCUT2D eigenvalue weighted by Crippen LogP contribution is 2.42. The fraction of sp³-hybridized carbons (Fsp3) is 0.304. The zero-order chi connectivity index (χ0) is 20.8. The van der Waals surface area contributed by atoms with Gasteiger partial charge in [-0.05, 0) is 55.5 Å². The maximum absolute atomic E-state index is 13.0. The Labute approximate surface area is 177 Å². The molecule has 1 N–H and O–H groups in total. The largest absolute Gasteiger partial charge is 0.298 e. The van der Waals surface area contributed by atoms with Crippen molar-refractivity contribution in [3.63, 3.8) is 0 Å². The number of carbonyl (C=O) groups excluding carboxylic acids is 3. The lowest BCUT2D eigenvalue weighted by Gasteiger charge is -2.25. The third-order valence-electron chi connectivity index (χ3n) is 6.07. The molecule has 2 heterocycles. The summed E-state index contributed by atoms with van der Waals surface area (Å²) in [5, 5.41) is 3.34. The minimum absolute atomic E-state index is 0.138. The number of amides is 3. The first-order valence-corrected chi connectivity index (χ1v) is 11.0. The number of hydrogen-bond acceptors (Lipinski definition) is 5. The van der Waals surface area contributed by atoms with Crippen molar-refractivity contribution < 1.29 is 14.4 Å². The highest BCUT2D eigenvalue weighted by molar-refractivity contribution is 7.22. The van der Waals surface area contributed by atoms with Gasteiger partial charge in [-0.15, -0.1) is 0 Å². The van der Waals surface area contributed by atoms with Crippen LogP contribution in [0.3, 0.4) is 0 Å². The smallest absolute Gasteiger partial charge is 0.257 e. The van der Waals surface area contributed by atoms with Crippen LogP contribution in [-0.2, 0) is 9.59 Å². The van der Waals surface area contributed by atoms with Crippen molar-refractivity contribution in [1.82, 2.24) is 4.98 Å². The summed E-state index contributed by atoms with van der Waals surface area (Å²) in [6.07, 6.45) is 2.48. The summed E-state index contributed by atoms with van der Waals surface area (Å²) in [7, 11) is 0. The number of carbonyl (C=O) groups is 3. The summed E-state index contributed by atoms with van der Waals surface area (Å²) < 4.78 is 0.992. The monoisotopic (exact) mass is 419 g/mol. The minimum Gasteiger partial charge on any atom is -0.298 e. The molecule has 1 aromatic heterocycles. The van der Waals surface area contributed by atoms with Gasteiger partial charge < -0.3 is 0 Å². The normalized spacial score (nSPS) is 23.6. The van der Waals surface area contributed by atoms with Gasteiger partial charge in [-0.2, -0.15) is 0 Å². The Morgan fingerprint density at radius 2 is 1.87 bits per heavy atom. The van der Waals surface area contributed by atoms with Crippen LogP contribution in [0.1, 0.15) is 36.5 Å². The van der Waals surface area contributed by atoms with E-state index >= 15 is 0 Å². The molecule has 1 saturated carbocycles. The van der Waals surface area contributed by atoms with Crippen LogP contribution in [-0.4, -0.2) is 22.7 Å². The second-order valence-electron chi connectivity index (χ2n) is 8.13. The molecule has 152 valence electrons. The van der Waals surface area contributed by atoms with Crippen LogP contribution in [0.5, 0.6) is 0 Å². The van der Waals surface area contributed by atoms with Gasteiger partial charge in [-0.3, -0.25) is 24.6 Å². The number of para-hydroxylation sites is 1. The summed E-state index contributed by atoms with van der Waals surface area (Å²) >= 11 is 1.40. The maximum Gasteiger partial charge on any atom is 0.257 e. The maximum atomic E-state index is 13.0. The molecule has 7 heteroatoms. The number of nitrogens with zero attached hydrogens (tertiary/aromatic N) is 2. The molecule has 2 aromatic carbocycles. The number of thiazole rings is 1. The van der Waals surface area contributed by atoms with Crippen LogP contribution in [0, 0.1) is 17.8 Å². The highest BCUT2D eigenvalue weighted by Gasteiger charge is 2.50. The lowest BCUT2D eigenvalue weighted by Crippen LogP contribution is -2.31. The molecule has 30 heavy (non-hydrogen) atoms. The van der Waals surface area contributed by atoms with Gasteiger partial charge in [-0.1, -0.05) is 36.5 Å². The first-order valence-electron chi connectivity index (χ1n) is 10.2. The fourth-order valence-corrected chi connectivity index (χ4v) is 5.39. The number of fused-ring (bicyclic) bond motifs is 2. The molecule has 2 aliphatic rings. The third-order valence-corrected chi connectivity index (χ3v) is 7.02. The molecule has 0 unspecified atom stereocenters. The van der Waals surface area contributed by atoms with E-state index in [2.05, 4.69) is 17.2 Å². The average molecular weight is 420 g/mol. The molecular weight excluding hydrogens is 398 g/mol. The van der Waals surface area contributed by atoms with Crippen LogP contribution in [0.15, 0.2) is 48.5 Å². The SMILES string of the molecule is C[C@@H]1CC[C@H]2C(=O)N(c3cccc(C(=O)Nc4nc5ccccc5s4)c3)C(=O)[C@@H]2C1. The Morgan fingerprint density at radius 1 is 1.07 bits per heavy atom. The zero-order valence-electron chi connectivity index (χ0n) is 16.5. The van der Waals surface area contributed by atoms with E-state index in [1.54, 1.807) is 24.3 Å². The van der Waals surface area contributed by atoms with Crippen LogP contribution in [0.25, 0.3) is 10.2 Å². The van der Waals surface area contributed by atoms with Crippen LogP contribution >= 0.6 is 11.3 Å². The van der Waals surface area contributed by atoms with Crippen molar-refractivity contribution in [3.8, 4) is 0 Å². The van der Waals surface area contributed by atoms with Crippen LogP contribution in [0.4, 0.5) is 10.8 Å². The first kappa shape index (κ1) is 18.9. The predicted molar refractivity (Wildman–Crippen MR) is 117 cm³/mol. The molecule has 3 aromatic rings. The molecule has 5 rings (SSSR count). The van der Waals surface area contributed by atoms with Crippen molar-refractivity contribution in [2.45, 2.75) is 26.2 Å². The first-order chi connectivity index (χ1) is 14.5. The van der Waals surface area contributed by atoms with Crippen molar-refractivity contribution in [1.29, 1.82) is 0 Å². The van der Waals surface area contributed by atoms with Gasteiger partial charge in [0, 0.05) is 5.56 Å². The fourth-order valence-electron chi connectivity index (χ4n) is 4.53. The Hall–Kier alpha value is -3.06. The molecule has 6 nitrogen and oxygen atoms in total. The average Bonchev–Trinajstić information content (AvgIpc) is 3.26. The summed E-state index contributed by atoms with van der Waals surface area (Å²) in [5.41, 5.74) is 1.68. The molecule has 3 amide bonds. The molecule has 0 radical (unpaired) electrons.